The van der Waals surface area contributed by atoms with Gasteiger partial charge in [0.25, 0.3) is 0 Å². The van der Waals surface area contributed by atoms with Gasteiger partial charge < -0.3 is 17.2 Å². The first-order valence-electron chi connectivity index (χ1n) is 10.6. The fourth-order valence-corrected chi connectivity index (χ4v) is 4.00. The predicted octanol–water partition coefficient (Wildman–Crippen LogP) is 5.70. The Hall–Kier alpha value is -1.10. The van der Waals surface area contributed by atoms with Crippen molar-refractivity contribution in [2.75, 3.05) is 6.54 Å². The summed E-state index contributed by atoms with van der Waals surface area (Å²) in [4.78, 5) is 0. The molecule has 0 heterocycles. The van der Waals surface area contributed by atoms with Gasteiger partial charge in [0.15, 0.2) is 0 Å². The average Bonchev–Trinajstić information content (AvgIpc) is 2.70. The fraction of sp³-hybridized carbons (Fsp3) is 0.500. The van der Waals surface area contributed by atoms with E-state index in [4.69, 9.17) is 40.4 Å². The lowest BCUT2D eigenvalue weighted by Gasteiger charge is -2.26. The van der Waals surface area contributed by atoms with Crippen molar-refractivity contribution in [3.63, 3.8) is 0 Å². The van der Waals surface area contributed by atoms with Gasteiger partial charge in [-0.25, -0.2) is 0 Å². The van der Waals surface area contributed by atoms with Gasteiger partial charge in [-0.1, -0.05) is 60.3 Å². The molecule has 0 aromatic heterocycles. The summed E-state index contributed by atoms with van der Waals surface area (Å²) in [6, 6.07) is 16.4. The Labute approximate surface area is 185 Å². The maximum Gasteiger partial charge on any atom is 0.0637 e. The number of hydrogen-bond donors (Lipinski definition) is 3. The molecule has 0 saturated carbocycles. The van der Waals surface area contributed by atoms with E-state index < -0.39 is 5.66 Å². The maximum absolute atomic E-state index is 6.24. The number of rotatable bonds is 13. The standard InChI is InChI=1S/C24H35Cl2N3/c25-22-12-8-20(9-13-22)6-4-19(3-1-16-24(28,29)17-2-18-27)5-7-21-10-14-23(26)15-11-21/h8-15,19H,1-7,16-18,27-29H2. The second-order valence-electron chi connectivity index (χ2n) is 8.21. The van der Waals surface area contributed by atoms with E-state index in [2.05, 4.69) is 24.3 Å². The first-order valence-corrected chi connectivity index (χ1v) is 11.4. The largest absolute Gasteiger partial charge is 0.330 e. The van der Waals surface area contributed by atoms with Crippen molar-refractivity contribution < 1.29 is 0 Å². The Morgan fingerprint density at radius 1 is 0.690 bits per heavy atom. The smallest absolute Gasteiger partial charge is 0.0637 e. The monoisotopic (exact) mass is 435 g/mol. The van der Waals surface area contributed by atoms with Crippen molar-refractivity contribution >= 4 is 23.2 Å². The van der Waals surface area contributed by atoms with Crippen LogP contribution in [0, 0.1) is 5.92 Å². The van der Waals surface area contributed by atoms with Gasteiger partial charge in [-0.15, -0.1) is 0 Å². The highest BCUT2D eigenvalue weighted by atomic mass is 35.5. The minimum absolute atomic E-state index is 0.601. The molecular formula is C24H35Cl2N3. The Kier molecular flexibility index (Phi) is 10.5. The highest BCUT2D eigenvalue weighted by Crippen LogP contribution is 2.24. The molecule has 0 atom stereocenters. The van der Waals surface area contributed by atoms with Crippen LogP contribution in [0.4, 0.5) is 0 Å². The van der Waals surface area contributed by atoms with Gasteiger partial charge in [0.2, 0.25) is 0 Å². The molecule has 3 nitrogen and oxygen atoms in total. The van der Waals surface area contributed by atoms with E-state index in [1.807, 2.05) is 24.3 Å². The van der Waals surface area contributed by atoms with E-state index >= 15 is 0 Å². The molecular weight excluding hydrogens is 401 g/mol. The van der Waals surface area contributed by atoms with Crippen molar-refractivity contribution in [2.24, 2.45) is 23.1 Å². The van der Waals surface area contributed by atoms with E-state index in [1.54, 1.807) is 0 Å². The van der Waals surface area contributed by atoms with Gasteiger partial charge in [0.05, 0.1) is 5.66 Å². The molecule has 29 heavy (non-hydrogen) atoms. The van der Waals surface area contributed by atoms with Crippen molar-refractivity contribution in [2.45, 2.75) is 63.5 Å². The molecule has 0 aliphatic carbocycles. The Morgan fingerprint density at radius 3 is 1.59 bits per heavy atom. The zero-order valence-electron chi connectivity index (χ0n) is 17.3. The van der Waals surface area contributed by atoms with Crippen LogP contribution in [-0.2, 0) is 12.8 Å². The normalized spacial score (nSPS) is 11.9. The van der Waals surface area contributed by atoms with Crippen LogP contribution >= 0.6 is 23.2 Å². The molecule has 0 spiro atoms. The van der Waals surface area contributed by atoms with Gasteiger partial charge in [0, 0.05) is 10.0 Å². The lowest BCUT2D eigenvalue weighted by Crippen LogP contribution is -2.49. The van der Waals surface area contributed by atoms with Crippen LogP contribution in [0.2, 0.25) is 10.0 Å². The van der Waals surface area contributed by atoms with Gasteiger partial charge in [-0.2, -0.15) is 0 Å². The number of halogens is 2. The van der Waals surface area contributed by atoms with Crippen LogP contribution in [0.3, 0.4) is 0 Å². The third-order valence-corrected chi connectivity index (χ3v) is 6.11. The van der Waals surface area contributed by atoms with Crippen LogP contribution < -0.4 is 17.2 Å². The summed E-state index contributed by atoms with van der Waals surface area (Å²) >= 11 is 12.0. The van der Waals surface area contributed by atoms with E-state index in [9.17, 15) is 0 Å². The minimum Gasteiger partial charge on any atom is -0.330 e. The predicted molar refractivity (Wildman–Crippen MR) is 126 cm³/mol. The summed E-state index contributed by atoms with van der Waals surface area (Å²) in [5.74, 6) is 0.631. The fourth-order valence-electron chi connectivity index (χ4n) is 3.75. The van der Waals surface area contributed by atoms with Crippen LogP contribution in [0.1, 0.15) is 56.1 Å². The molecule has 2 aromatic rings. The number of aryl methyl sites for hydroxylation is 2. The summed E-state index contributed by atoms with van der Waals surface area (Å²) in [6.07, 6.45) is 9.11. The van der Waals surface area contributed by atoms with Crippen LogP contribution in [-0.4, -0.2) is 12.2 Å². The van der Waals surface area contributed by atoms with Crippen molar-refractivity contribution in [1.82, 2.24) is 0 Å². The molecule has 0 radical (unpaired) electrons. The molecule has 5 heteroatoms. The average molecular weight is 436 g/mol. The van der Waals surface area contributed by atoms with Gasteiger partial charge in [-0.3, -0.25) is 0 Å². The third kappa shape index (κ3) is 9.97. The second-order valence-corrected chi connectivity index (χ2v) is 9.09. The Balaban J connectivity index is 1.88. The Morgan fingerprint density at radius 2 is 1.14 bits per heavy atom. The van der Waals surface area contributed by atoms with E-state index in [-0.39, 0.29) is 0 Å². The SMILES string of the molecule is NCCCC(N)(N)CCCC(CCc1ccc(Cl)cc1)CCc1ccc(Cl)cc1. The molecule has 160 valence electrons. The summed E-state index contributed by atoms with van der Waals surface area (Å²) in [5, 5.41) is 1.57. The molecule has 0 amide bonds. The highest BCUT2D eigenvalue weighted by Gasteiger charge is 2.19. The van der Waals surface area contributed by atoms with Crippen LogP contribution in [0.25, 0.3) is 0 Å². The van der Waals surface area contributed by atoms with Gasteiger partial charge in [0.1, 0.15) is 0 Å². The van der Waals surface area contributed by atoms with Crippen LogP contribution in [0.5, 0.6) is 0 Å². The molecule has 0 bridgehead atoms. The van der Waals surface area contributed by atoms with Crippen molar-refractivity contribution in [3.05, 3.63) is 69.7 Å². The van der Waals surface area contributed by atoms with Crippen LogP contribution in [0.15, 0.2) is 48.5 Å². The first-order chi connectivity index (χ1) is 13.9. The van der Waals surface area contributed by atoms with Gasteiger partial charge >= 0.3 is 0 Å². The zero-order chi connectivity index (χ0) is 21.1. The van der Waals surface area contributed by atoms with E-state index in [1.165, 1.54) is 11.1 Å². The number of nitrogens with two attached hydrogens (primary N) is 3. The number of benzene rings is 2. The molecule has 2 aromatic carbocycles. The molecule has 0 fully saturated rings. The lowest BCUT2D eigenvalue weighted by molar-refractivity contribution is 0.326. The molecule has 0 aliphatic rings. The summed E-state index contributed by atoms with van der Waals surface area (Å²) in [6.45, 7) is 0.640. The molecule has 2 rings (SSSR count). The third-order valence-electron chi connectivity index (χ3n) is 5.61. The minimum atomic E-state index is -0.601. The molecule has 0 aliphatic heterocycles. The Bertz CT molecular complexity index is 650. The quantitative estimate of drug-likeness (QED) is 0.353. The van der Waals surface area contributed by atoms with Crippen molar-refractivity contribution in [1.29, 1.82) is 0 Å². The topological polar surface area (TPSA) is 78.1 Å². The zero-order valence-corrected chi connectivity index (χ0v) is 18.8. The summed E-state index contributed by atoms with van der Waals surface area (Å²) in [5.41, 5.74) is 20.1. The lowest BCUT2D eigenvalue weighted by atomic mass is 9.87. The molecule has 0 saturated heterocycles. The summed E-state index contributed by atoms with van der Waals surface area (Å²) < 4.78 is 0. The second kappa shape index (κ2) is 12.6. The van der Waals surface area contributed by atoms with Gasteiger partial charge in [-0.05, 0) is 92.8 Å². The molecule has 0 unspecified atom stereocenters. The molecule has 6 N–H and O–H groups in total. The van der Waals surface area contributed by atoms with Crippen molar-refractivity contribution in [3.8, 4) is 0 Å². The maximum atomic E-state index is 6.24. The summed E-state index contributed by atoms with van der Waals surface area (Å²) in [7, 11) is 0. The number of hydrogen-bond acceptors (Lipinski definition) is 3. The van der Waals surface area contributed by atoms with E-state index in [0.29, 0.717) is 12.5 Å². The highest BCUT2D eigenvalue weighted by molar-refractivity contribution is 6.30. The first kappa shape index (κ1) is 24.2. The van der Waals surface area contributed by atoms with E-state index in [0.717, 1.165) is 67.8 Å².